The smallest absolute Gasteiger partial charge is 0.341 e. The summed E-state index contributed by atoms with van der Waals surface area (Å²) >= 11 is 3.45. The Balaban J connectivity index is 1.49. The number of ether oxygens (including phenoxy) is 3. The van der Waals surface area contributed by atoms with Crippen LogP contribution in [0.25, 0.3) is 0 Å². The molecule has 0 saturated carbocycles. The normalized spacial score (nSPS) is 12.5. The standard InChI is InChI=1S/C41H51FN6O6S/c1-5-9-11-27(7-3)25-52-35(49)29-13-19-32(20-14-29)43-39-46-40(48-41(47-39)45-34-23-17-31(18-24-34)37(51)54-38(42)55)44-33-21-15-30(16-22-33)36(50)53-26-28(8-4)12-10-6-2/h13-24,27-28,38,55H,5-12,25-26H2,1-4H3,(H3,43,44,45,46,47,48). The van der Waals surface area contributed by atoms with Crippen LogP contribution in [0.15, 0.2) is 72.8 Å². The quantitative estimate of drug-likeness (QED) is 0.0260. The second-order valence-electron chi connectivity index (χ2n) is 13.1. The molecule has 55 heavy (non-hydrogen) atoms. The first-order valence-corrected chi connectivity index (χ1v) is 19.4. The molecule has 0 amide bonds. The van der Waals surface area contributed by atoms with Gasteiger partial charge in [0.1, 0.15) is 0 Å². The van der Waals surface area contributed by atoms with Crippen LogP contribution in [-0.4, -0.2) is 51.8 Å². The molecule has 0 aliphatic heterocycles. The summed E-state index contributed by atoms with van der Waals surface area (Å²) < 4.78 is 28.7. The highest BCUT2D eigenvalue weighted by Crippen LogP contribution is 2.23. The zero-order valence-corrected chi connectivity index (χ0v) is 32.7. The van der Waals surface area contributed by atoms with Crippen molar-refractivity contribution >= 4 is 65.4 Å². The highest BCUT2D eigenvalue weighted by Gasteiger charge is 2.16. The number of anilines is 6. The van der Waals surface area contributed by atoms with Gasteiger partial charge in [0.15, 0.2) is 0 Å². The molecule has 3 aromatic carbocycles. The second kappa shape index (κ2) is 22.2. The number of carbonyl (C=O) groups excluding carboxylic acids is 3. The van der Waals surface area contributed by atoms with Gasteiger partial charge in [-0.15, -0.1) is 12.6 Å². The number of hydrogen-bond donors (Lipinski definition) is 4. The molecule has 3 unspecified atom stereocenters. The second-order valence-corrected chi connectivity index (χ2v) is 13.5. The summed E-state index contributed by atoms with van der Waals surface area (Å²) in [5.41, 5.74) is 0.678. The van der Waals surface area contributed by atoms with Gasteiger partial charge in [-0.05, 0) is 97.5 Å². The third-order valence-electron chi connectivity index (χ3n) is 8.96. The molecule has 294 valence electrons. The number of esters is 3. The largest absolute Gasteiger partial charge is 0.462 e. The zero-order valence-electron chi connectivity index (χ0n) is 31.8. The Hall–Kier alpha value is -5.24. The number of alkyl halides is 1. The van der Waals surface area contributed by atoms with Crippen LogP contribution in [0.3, 0.4) is 0 Å². The van der Waals surface area contributed by atoms with Gasteiger partial charge in [-0.2, -0.15) is 19.3 Å². The molecule has 1 heterocycles. The van der Waals surface area contributed by atoms with E-state index in [0.717, 1.165) is 51.4 Å². The molecule has 3 atom stereocenters. The monoisotopic (exact) mass is 774 g/mol. The summed E-state index contributed by atoms with van der Waals surface area (Å²) in [6.07, 6.45) is 8.36. The van der Waals surface area contributed by atoms with Gasteiger partial charge in [0.05, 0.1) is 29.9 Å². The van der Waals surface area contributed by atoms with Crippen LogP contribution in [0, 0.1) is 11.8 Å². The Morgan fingerprint density at radius 2 is 0.909 bits per heavy atom. The van der Waals surface area contributed by atoms with E-state index in [1.54, 1.807) is 60.7 Å². The van der Waals surface area contributed by atoms with Crippen molar-refractivity contribution in [1.29, 1.82) is 0 Å². The van der Waals surface area contributed by atoms with Crippen LogP contribution in [0.1, 0.15) is 110 Å². The molecule has 4 aromatic rings. The average molecular weight is 775 g/mol. The van der Waals surface area contributed by atoms with Crippen molar-refractivity contribution in [2.24, 2.45) is 11.8 Å². The maximum absolute atomic E-state index is 13.0. The van der Waals surface area contributed by atoms with E-state index in [1.807, 2.05) is 0 Å². The van der Waals surface area contributed by atoms with Gasteiger partial charge in [-0.25, -0.2) is 14.4 Å². The molecule has 4 rings (SSSR count). The molecular weight excluding hydrogens is 724 g/mol. The number of aromatic nitrogens is 3. The number of carbonyl (C=O) groups is 3. The number of benzene rings is 3. The molecule has 0 bridgehead atoms. The lowest BCUT2D eigenvalue weighted by Gasteiger charge is -2.15. The molecule has 0 aliphatic carbocycles. The van der Waals surface area contributed by atoms with E-state index in [2.05, 4.69) is 76.0 Å². The first-order valence-electron chi connectivity index (χ1n) is 18.8. The molecule has 1 aromatic heterocycles. The summed E-state index contributed by atoms with van der Waals surface area (Å²) in [6, 6.07) is 19.7. The minimum absolute atomic E-state index is 0.130. The first kappa shape index (κ1) is 42.5. The number of halogens is 1. The molecule has 14 heteroatoms. The predicted molar refractivity (Wildman–Crippen MR) is 215 cm³/mol. The number of nitrogens with zero attached hydrogens (tertiary/aromatic N) is 3. The van der Waals surface area contributed by atoms with Gasteiger partial charge >= 0.3 is 17.9 Å². The fourth-order valence-corrected chi connectivity index (χ4v) is 5.60. The number of unbranched alkanes of at least 4 members (excludes halogenated alkanes) is 2. The molecule has 0 radical (unpaired) electrons. The summed E-state index contributed by atoms with van der Waals surface area (Å²) in [6.45, 7) is 9.27. The molecule has 0 fully saturated rings. The molecule has 0 spiro atoms. The van der Waals surface area contributed by atoms with Crippen LogP contribution in [-0.2, 0) is 14.2 Å². The fourth-order valence-electron chi connectivity index (χ4n) is 5.51. The molecule has 3 N–H and O–H groups in total. The number of hydrogen-bond acceptors (Lipinski definition) is 13. The maximum atomic E-state index is 13.0. The summed E-state index contributed by atoms with van der Waals surface area (Å²) in [5.74, 6) is -0.455. The highest BCUT2D eigenvalue weighted by atomic mass is 32.1. The van der Waals surface area contributed by atoms with Crippen molar-refractivity contribution in [1.82, 2.24) is 15.0 Å². The van der Waals surface area contributed by atoms with Crippen LogP contribution in [0.2, 0.25) is 0 Å². The van der Waals surface area contributed by atoms with E-state index in [4.69, 9.17) is 9.47 Å². The Kier molecular flexibility index (Phi) is 17.2. The fraction of sp³-hybridized carbons (Fsp3) is 0.415. The van der Waals surface area contributed by atoms with Crippen LogP contribution in [0.4, 0.5) is 39.3 Å². The van der Waals surface area contributed by atoms with Crippen molar-refractivity contribution in [2.45, 2.75) is 84.8 Å². The predicted octanol–water partition coefficient (Wildman–Crippen LogP) is 10.2. The van der Waals surface area contributed by atoms with Crippen molar-refractivity contribution in [3.8, 4) is 0 Å². The van der Waals surface area contributed by atoms with Crippen LogP contribution in [0.5, 0.6) is 0 Å². The summed E-state index contributed by atoms with van der Waals surface area (Å²) in [4.78, 5) is 51.1. The Bertz CT molecular complexity index is 1720. The zero-order chi connectivity index (χ0) is 39.6. The molecular formula is C41H51FN6O6S. The van der Waals surface area contributed by atoms with Gasteiger partial charge < -0.3 is 30.2 Å². The molecule has 0 aliphatic rings. The van der Waals surface area contributed by atoms with Gasteiger partial charge in [0.25, 0.3) is 5.69 Å². The van der Waals surface area contributed by atoms with Crippen molar-refractivity contribution in [3.05, 3.63) is 89.5 Å². The van der Waals surface area contributed by atoms with Crippen molar-refractivity contribution in [3.63, 3.8) is 0 Å². The number of nitrogens with one attached hydrogen (secondary N) is 3. The Labute approximate surface area is 327 Å². The van der Waals surface area contributed by atoms with Crippen molar-refractivity contribution < 1.29 is 33.0 Å². The molecule has 0 saturated heterocycles. The minimum Gasteiger partial charge on any atom is -0.462 e. The minimum atomic E-state index is -2.04. The Morgan fingerprint density at radius 1 is 0.582 bits per heavy atom. The summed E-state index contributed by atoms with van der Waals surface area (Å²) in [7, 11) is 0. The van der Waals surface area contributed by atoms with Crippen molar-refractivity contribution in [2.75, 3.05) is 29.2 Å². The third-order valence-corrected chi connectivity index (χ3v) is 9.06. The van der Waals surface area contributed by atoms with E-state index in [-0.39, 0.29) is 35.3 Å². The van der Waals surface area contributed by atoms with E-state index in [1.165, 1.54) is 12.1 Å². The van der Waals surface area contributed by atoms with Crippen LogP contribution < -0.4 is 16.0 Å². The average Bonchev–Trinajstić information content (AvgIpc) is 3.18. The lowest BCUT2D eigenvalue weighted by molar-refractivity contribution is 0.0218. The van der Waals surface area contributed by atoms with E-state index in [9.17, 15) is 18.8 Å². The Morgan fingerprint density at radius 3 is 1.20 bits per heavy atom. The SMILES string of the molecule is CCCCC(CC)COC(=O)c1ccc(Nc2nc(Nc3ccc(C(=O)OCC(CC)CCCC)cc3)nc(Nc3ccc(C(=O)OC(F)S)cc3)n2)cc1. The van der Waals surface area contributed by atoms with Crippen LogP contribution >= 0.6 is 12.6 Å². The first-order chi connectivity index (χ1) is 26.6. The van der Waals surface area contributed by atoms with Gasteiger partial charge in [-0.3, -0.25) is 0 Å². The lowest BCUT2D eigenvalue weighted by atomic mass is 10.0. The van der Waals surface area contributed by atoms with Gasteiger partial charge in [0.2, 0.25) is 17.8 Å². The lowest BCUT2D eigenvalue weighted by Crippen LogP contribution is -2.14. The number of thiol groups is 1. The summed E-state index contributed by atoms with van der Waals surface area (Å²) in [5, 5.41) is 9.39. The van der Waals surface area contributed by atoms with E-state index < -0.39 is 11.7 Å². The van der Waals surface area contributed by atoms with E-state index in [0.29, 0.717) is 53.2 Å². The van der Waals surface area contributed by atoms with E-state index >= 15 is 0 Å². The number of rotatable bonds is 22. The van der Waals surface area contributed by atoms with Gasteiger partial charge in [-0.1, -0.05) is 66.2 Å². The maximum Gasteiger partial charge on any atom is 0.341 e. The molecule has 12 nitrogen and oxygen atoms in total. The highest BCUT2D eigenvalue weighted by molar-refractivity contribution is 7.80. The third kappa shape index (κ3) is 14.2. The topological polar surface area (TPSA) is 154 Å². The van der Waals surface area contributed by atoms with Gasteiger partial charge in [0, 0.05) is 17.1 Å².